The SMILES string of the molecule is Cn1c(CCCC(=O)O)nc2ncccc21. The Morgan fingerprint density at radius 2 is 2.38 bits per heavy atom. The first kappa shape index (κ1) is 10.6. The van der Waals surface area contributed by atoms with Gasteiger partial charge in [-0.2, -0.15) is 0 Å². The number of imidazole rings is 1. The molecule has 0 fully saturated rings. The van der Waals surface area contributed by atoms with Gasteiger partial charge in [0.05, 0.1) is 5.52 Å². The molecule has 0 radical (unpaired) electrons. The maximum Gasteiger partial charge on any atom is 0.303 e. The summed E-state index contributed by atoms with van der Waals surface area (Å²) in [7, 11) is 1.92. The Hall–Kier alpha value is -1.91. The molecule has 0 amide bonds. The third-order valence-corrected chi connectivity index (χ3v) is 2.54. The average molecular weight is 219 g/mol. The fourth-order valence-corrected chi connectivity index (χ4v) is 1.69. The molecule has 0 aliphatic heterocycles. The topological polar surface area (TPSA) is 68.0 Å². The molecule has 0 bridgehead atoms. The van der Waals surface area contributed by atoms with E-state index in [1.807, 2.05) is 23.7 Å². The number of pyridine rings is 1. The lowest BCUT2D eigenvalue weighted by Crippen LogP contribution is -2.01. The number of carboxylic acids is 1. The molecule has 2 heterocycles. The highest BCUT2D eigenvalue weighted by atomic mass is 16.4. The van der Waals surface area contributed by atoms with Crippen molar-refractivity contribution in [3.8, 4) is 0 Å². The summed E-state index contributed by atoms with van der Waals surface area (Å²) in [5.41, 5.74) is 1.70. The molecule has 0 saturated carbocycles. The summed E-state index contributed by atoms with van der Waals surface area (Å²) in [4.78, 5) is 18.9. The van der Waals surface area contributed by atoms with Gasteiger partial charge in [0, 0.05) is 26.1 Å². The van der Waals surface area contributed by atoms with E-state index in [-0.39, 0.29) is 6.42 Å². The number of aliphatic carboxylic acids is 1. The number of fused-ring (bicyclic) bond motifs is 1. The summed E-state index contributed by atoms with van der Waals surface area (Å²) in [6.07, 6.45) is 3.15. The van der Waals surface area contributed by atoms with Crippen molar-refractivity contribution in [1.82, 2.24) is 14.5 Å². The van der Waals surface area contributed by atoms with E-state index >= 15 is 0 Å². The molecule has 1 N–H and O–H groups in total. The predicted octanol–water partition coefficient (Wildman–Crippen LogP) is 1.38. The average Bonchev–Trinajstić information content (AvgIpc) is 2.56. The number of rotatable bonds is 4. The van der Waals surface area contributed by atoms with Crippen LogP contribution in [0.3, 0.4) is 0 Å². The van der Waals surface area contributed by atoms with Crippen LogP contribution in [0.1, 0.15) is 18.7 Å². The molecule has 2 aromatic heterocycles. The van der Waals surface area contributed by atoms with Crippen molar-refractivity contribution in [2.75, 3.05) is 0 Å². The van der Waals surface area contributed by atoms with Crippen LogP contribution in [0, 0.1) is 0 Å². The Labute approximate surface area is 92.8 Å². The molecular weight excluding hydrogens is 206 g/mol. The van der Waals surface area contributed by atoms with Gasteiger partial charge in [0.1, 0.15) is 5.82 Å². The summed E-state index contributed by atoms with van der Waals surface area (Å²) < 4.78 is 1.96. The smallest absolute Gasteiger partial charge is 0.303 e. The Morgan fingerprint density at radius 3 is 3.06 bits per heavy atom. The summed E-state index contributed by atoms with van der Waals surface area (Å²) in [5.74, 6) is 0.117. The van der Waals surface area contributed by atoms with E-state index in [2.05, 4.69) is 9.97 Å². The van der Waals surface area contributed by atoms with Crippen LogP contribution in [0.5, 0.6) is 0 Å². The summed E-state index contributed by atoms with van der Waals surface area (Å²) in [6, 6.07) is 3.82. The molecule has 5 nitrogen and oxygen atoms in total. The zero-order valence-corrected chi connectivity index (χ0v) is 9.05. The maximum absolute atomic E-state index is 10.4. The van der Waals surface area contributed by atoms with E-state index in [1.165, 1.54) is 0 Å². The van der Waals surface area contributed by atoms with E-state index < -0.39 is 5.97 Å². The van der Waals surface area contributed by atoms with Crippen molar-refractivity contribution in [3.05, 3.63) is 24.2 Å². The maximum atomic E-state index is 10.4. The zero-order chi connectivity index (χ0) is 11.5. The van der Waals surface area contributed by atoms with E-state index in [1.54, 1.807) is 6.20 Å². The molecule has 0 aliphatic rings. The second-order valence-corrected chi connectivity index (χ2v) is 3.68. The predicted molar refractivity (Wildman–Crippen MR) is 59.1 cm³/mol. The number of aryl methyl sites for hydroxylation is 2. The van der Waals surface area contributed by atoms with E-state index in [0.717, 1.165) is 17.0 Å². The number of hydrogen-bond donors (Lipinski definition) is 1. The lowest BCUT2D eigenvalue weighted by Gasteiger charge is -2.00. The minimum Gasteiger partial charge on any atom is -0.481 e. The minimum absolute atomic E-state index is 0.177. The molecule has 84 valence electrons. The molecule has 0 atom stereocenters. The van der Waals surface area contributed by atoms with Crippen molar-refractivity contribution in [2.45, 2.75) is 19.3 Å². The van der Waals surface area contributed by atoms with Crippen LogP contribution in [0.15, 0.2) is 18.3 Å². The third kappa shape index (κ3) is 2.03. The number of hydrogen-bond acceptors (Lipinski definition) is 3. The quantitative estimate of drug-likeness (QED) is 0.843. The molecule has 2 aromatic rings. The lowest BCUT2D eigenvalue weighted by atomic mass is 10.2. The van der Waals surface area contributed by atoms with Gasteiger partial charge in [0.2, 0.25) is 0 Å². The molecule has 0 saturated heterocycles. The van der Waals surface area contributed by atoms with Gasteiger partial charge >= 0.3 is 5.97 Å². The Kier molecular flexibility index (Phi) is 2.85. The second-order valence-electron chi connectivity index (χ2n) is 3.68. The summed E-state index contributed by atoms with van der Waals surface area (Å²) in [5, 5.41) is 8.56. The molecule has 0 aliphatic carbocycles. The minimum atomic E-state index is -0.767. The van der Waals surface area contributed by atoms with Crippen LogP contribution in [0.2, 0.25) is 0 Å². The van der Waals surface area contributed by atoms with Gasteiger partial charge in [0.15, 0.2) is 5.65 Å². The van der Waals surface area contributed by atoms with Crippen molar-refractivity contribution in [3.63, 3.8) is 0 Å². The fourth-order valence-electron chi connectivity index (χ4n) is 1.69. The van der Waals surface area contributed by atoms with Gasteiger partial charge in [-0.05, 0) is 18.6 Å². The van der Waals surface area contributed by atoms with E-state index in [9.17, 15) is 4.79 Å². The first-order valence-corrected chi connectivity index (χ1v) is 5.16. The van der Waals surface area contributed by atoms with Crippen LogP contribution >= 0.6 is 0 Å². The summed E-state index contributed by atoms with van der Waals surface area (Å²) in [6.45, 7) is 0. The molecule has 0 unspecified atom stereocenters. The Balaban J connectivity index is 2.18. The molecule has 2 rings (SSSR count). The second kappa shape index (κ2) is 4.30. The highest BCUT2D eigenvalue weighted by Gasteiger charge is 2.08. The molecule has 16 heavy (non-hydrogen) atoms. The van der Waals surface area contributed by atoms with Gasteiger partial charge in [-0.3, -0.25) is 4.79 Å². The largest absolute Gasteiger partial charge is 0.481 e. The number of nitrogens with zero attached hydrogens (tertiary/aromatic N) is 3. The molecule has 0 aromatic carbocycles. The monoisotopic (exact) mass is 219 g/mol. The van der Waals surface area contributed by atoms with Crippen molar-refractivity contribution in [1.29, 1.82) is 0 Å². The number of carbonyl (C=O) groups is 1. The van der Waals surface area contributed by atoms with Crippen LogP contribution in [0.4, 0.5) is 0 Å². The van der Waals surface area contributed by atoms with Crippen molar-refractivity contribution in [2.24, 2.45) is 7.05 Å². The van der Waals surface area contributed by atoms with E-state index in [0.29, 0.717) is 12.8 Å². The Morgan fingerprint density at radius 1 is 1.56 bits per heavy atom. The summed E-state index contributed by atoms with van der Waals surface area (Å²) >= 11 is 0. The highest BCUT2D eigenvalue weighted by Crippen LogP contribution is 2.13. The van der Waals surface area contributed by atoms with E-state index in [4.69, 9.17) is 5.11 Å². The van der Waals surface area contributed by atoms with Crippen LogP contribution in [-0.2, 0) is 18.3 Å². The first-order valence-electron chi connectivity index (χ1n) is 5.16. The molecule has 0 spiro atoms. The normalized spacial score (nSPS) is 10.8. The standard InChI is InChI=1S/C11H13N3O2/c1-14-8-4-3-7-12-11(8)13-9(14)5-2-6-10(15)16/h3-4,7H,2,5-6H2,1H3,(H,15,16). The molecule has 5 heteroatoms. The van der Waals surface area contributed by atoms with Gasteiger partial charge in [-0.15, -0.1) is 0 Å². The van der Waals surface area contributed by atoms with Gasteiger partial charge in [0.25, 0.3) is 0 Å². The number of aromatic nitrogens is 3. The lowest BCUT2D eigenvalue weighted by molar-refractivity contribution is -0.137. The van der Waals surface area contributed by atoms with Gasteiger partial charge in [-0.1, -0.05) is 0 Å². The van der Waals surface area contributed by atoms with Gasteiger partial charge in [-0.25, -0.2) is 9.97 Å². The number of carboxylic acid groups (broad SMARTS) is 1. The van der Waals surface area contributed by atoms with Crippen LogP contribution in [0.25, 0.3) is 11.2 Å². The van der Waals surface area contributed by atoms with Crippen LogP contribution < -0.4 is 0 Å². The Bertz CT molecular complexity index is 519. The van der Waals surface area contributed by atoms with Gasteiger partial charge < -0.3 is 9.67 Å². The third-order valence-electron chi connectivity index (χ3n) is 2.54. The zero-order valence-electron chi connectivity index (χ0n) is 9.05. The highest BCUT2D eigenvalue weighted by molar-refractivity contribution is 5.71. The molecular formula is C11H13N3O2. The van der Waals surface area contributed by atoms with Crippen molar-refractivity contribution < 1.29 is 9.90 Å². The fraction of sp³-hybridized carbons (Fsp3) is 0.364. The first-order chi connectivity index (χ1) is 7.68. The van der Waals surface area contributed by atoms with Crippen LogP contribution in [-0.4, -0.2) is 25.6 Å². The van der Waals surface area contributed by atoms with Crippen molar-refractivity contribution >= 4 is 17.1 Å².